The van der Waals surface area contributed by atoms with Gasteiger partial charge in [0.15, 0.2) is 0 Å². The molecule has 67 heavy (non-hydrogen) atoms. The number of phenolic OH excluding ortho intramolecular Hbond substituents is 1. The largest absolute Gasteiger partial charge is 0.507 e. The molecule has 2 heterocycles. The average Bonchev–Trinajstić information content (AvgIpc) is 3.71. The number of phenols is 1. The minimum Gasteiger partial charge on any atom is -0.507 e. The van der Waals surface area contributed by atoms with Crippen LogP contribution in [0.2, 0.25) is 0 Å². The fourth-order valence-electron chi connectivity index (χ4n) is 8.92. The summed E-state index contributed by atoms with van der Waals surface area (Å²) in [7, 11) is 0. The first-order valence-corrected chi connectivity index (χ1v) is 22.8. The number of hydrogen-bond acceptors (Lipinski definition) is 3. The molecule has 0 bridgehead atoms. The van der Waals surface area contributed by atoms with Gasteiger partial charge in [0.25, 0.3) is 0 Å². The molecule has 0 fully saturated rings. The second-order valence-corrected chi connectivity index (χ2v) is 20.0. The zero-order valence-corrected chi connectivity index (χ0v) is 42.3. The molecule has 9 aromatic rings. The van der Waals surface area contributed by atoms with Crippen molar-refractivity contribution in [2.45, 2.75) is 92.8 Å². The Balaban J connectivity index is 0.00000676. The van der Waals surface area contributed by atoms with Gasteiger partial charge in [0, 0.05) is 44.0 Å². The van der Waals surface area contributed by atoms with Gasteiger partial charge >= 0.3 is 0 Å². The van der Waals surface area contributed by atoms with Crippen molar-refractivity contribution in [3.05, 3.63) is 191 Å². The Bertz CT molecular complexity index is 3430. The number of hydrogen-bond donors (Lipinski definition) is 1. The molecular formula is C62H60N3OPt-. The summed E-state index contributed by atoms with van der Waals surface area (Å²) in [4.78, 5) is 10.4. The number of pyridine rings is 1. The smallest absolute Gasteiger partial charge is 0.148 e. The van der Waals surface area contributed by atoms with Crippen molar-refractivity contribution in [1.29, 1.82) is 0 Å². The van der Waals surface area contributed by atoms with E-state index < -0.39 is 12.7 Å². The molecule has 0 aliphatic heterocycles. The van der Waals surface area contributed by atoms with Crippen LogP contribution in [0.1, 0.15) is 100 Å². The molecule has 1 N–H and O–H groups in total. The number of benzene rings is 7. The van der Waals surface area contributed by atoms with Crippen LogP contribution in [0.25, 0.3) is 83.9 Å². The standard InChI is InChI=1S/C62H60N3O.Pt/c1-38(2)42-20-22-43(23-21-42)46-28-29-63-55(36-46)48-33-47(34-50(35-48)62(9,10)11)51-18-15-19-56-58(51)64-60(54-31-39(3)30-41(5)59(54)66)65(56)57-32-40(4)52(44-16-13-12-14-17-44)37-53(57)45-24-26-49(27-25-45)61(6,7)8;/h12-32,34-38,66H,1-11H3;/q-1;/i4D3,38D;. The Kier molecular flexibility index (Phi) is 11.5. The number of aryl methyl sites for hydroxylation is 3. The van der Waals surface area contributed by atoms with E-state index in [4.69, 9.17) is 15.5 Å². The molecular weight excluding hydrogens is 998 g/mol. The van der Waals surface area contributed by atoms with Crippen LogP contribution in [0.4, 0.5) is 0 Å². The minimum atomic E-state index is -2.48. The van der Waals surface area contributed by atoms with Gasteiger partial charge in [-0.2, -0.15) is 0 Å². The van der Waals surface area contributed by atoms with E-state index in [0.29, 0.717) is 33.7 Å². The van der Waals surface area contributed by atoms with Gasteiger partial charge in [0.1, 0.15) is 11.6 Å². The Morgan fingerprint density at radius 2 is 1.28 bits per heavy atom. The molecule has 340 valence electrons. The van der Waals surface area contributed by atoms with Crippen molar-refractivity contribution in [1.82, 2.24) is 14.5 Å². The van der Waals surface area contributed by atoms with Crippen LogP contribution in [0.15, 0.2) is 152 Å². The number of aromatic nitrogens is 3. The van der Waals surface area contributed by atoms with Gasteiger partial charge < -0.3 is 5.11 Å². The first-order chi connectivity index (χ1) is 33.0. The molecule has 0 saturated heterocycles. The summed E-state index contributed by atoms with van der Waals surface area (Å²) in [6.07, 6.45) is 1.83. The van der Waals surface area contributed by atoms with Crippen LogP contribution in [-0.4, -0.2) is 19.6 Å². The molecule has 0 atom stereocenters. The van der Waals surface area contributed by atoms with Gasteiger partial charge in [0.2, 0.25) is 0 Å². The normalized spacial score (nSPS) is 13.1. The van der Waals surface area contributed by atoms with Gasteiger partial charge in [-0.15, -0.1) is 29.3 Å². The zero-order valence-electron chi connectivity index (χ0n) is 44.0. The molecule has 0 aliphatic rings. The number of rotatable bonds is 8. The van der Waals surface area contributed by atoms with Crippen LogP contribution < -0.4 is 0 Å². The third-order valence-electron chi connectivity index (χ3n) is 12.8. The van der Waals surface area contributed by atoms with Crippen LogP contribution in [0.3, 0.4) is 0 Å². The number of aromatic hydroxyl groups is 1. The molecule has 0 spiro atoms. The summed E-state index contributed by atoms with van der Waals surface area (Å²) < 4.78 is 37.5. The average molecular weight is 1060 g/mol. The SMILES string of the molecule is [2H]C([2H])([2H])c1cc(-n2c(-c3cc(C)cc(C)c3O)nc3c(-c4[c-]c(-c5cc(-c6ccc(C([2H])(C)C)cc6)ccn5)cc(C(C)(C)C)c4)cccc32)c(-c2ccc(C(C)(C)C)cc2)cc1-c1ccccc1.[Pt]. The summed E-state index contributed by atoms with van der Waals surface area (Å²) in [6, 6.07) is 52.4. The van der Waals surface area contributed by atoms with Gasteiger partial charge in [-0.25, -0.2) is 4.98 Å². The van der Waals surface area contributed by atoms with E-state index in [9.17, 15) is 5.11 Å². The van der Waals surface area contributed by atoms with E-state index in [-0.39, 0.29) is 43.2 Å². The van der Waals surface area contributed by atoms with Crippen LogP contribution in [0.5, 0.6) is 5.75 Å². The summed E-state index contributed by atoms with van der Waals surface area (Å²) in [6.45, 7) is 18.4. The van der Waals surface area contributed by atoms with Crippen LogP contribution >= 0.6 is 0 Å². The Labute approximate surface area is 417 Å². The molecule has 0 amide bonds. The van der Waals surface area contributed by atoms with Crippen LogP contribution in [0, 0.1) is 26.8 Å². The first-order valence-electron chi connectivity index (χ1n) is 24.8. The number of nitrogens with zero attached hydrogens (tertiary/aromatic N) is 3. The maximum absolute atomic E-state index is 12.0. The number of fused-ring (bicyclic) bond motifs is 1. The van der Waals surface area contributed by atoms with Crippen molar-refractivity contribution in [3.63, 3.8) is 0 Å². The molecule has 0 unspecified atom stereocenters. The van der Waals surface area contributed by atoms with Crippen molar-refractivity contribution in [2.75, 3.05) is 0 Å². The number of imidazole rings is 1. The van der Waals surface area contributed by atoms with Crippen molar-refractivity contribution in [3.8, 4) is 78.6 Å². The monoisotopic (exact) mass is 1060 g/mol. The molecule has 7 aromatic carbocycles. The number of para-hydroxylation sites is 1. The Morgan fingerprint density at radius 1 is 0.612 bits per heavy atom. The quantitative estimate of drug-likeness (QED) is 0.154. The van der Waals surface area contributed by atoms with E-state index in [1.54, 1.807) is 0 Å². The molecule has 4 nitrogen and oxygen atoms in total. The third-order valence-corrected chi connectivity index (χ3v) is 12.8. The molecule has 0 saturated carbocycles. The van der Waals surface area contributed by atoms with E-state index >= 15 is 0 Å². The fourth-order valence-corrected chi connectivity index (χ4v) is 8.92. The summed E-state index contributed by atoms with van der Waals surface area (Å²) in [5.41, 5.74) is 15.7. The minimum absolute atomic E-state index is 0. The molecule has 0 aliphatic carbocycles. The third kappa shape index (κ3) is 9.34. The van der Waals surface area contributed by atoms with E-state index in [1.165, 1.54) is 5.56 Å². The van der Waals surface area contributed by atoms with E-state index in [0.717, 1.165) is 72.4 Å². The molecule has 2 aromatic heterocycles. The van der Waals surface area contributed by atoms with Crippen molar-refractivity contribution >= 4 is 11.0 Å². The second kappa shape index (κ2) is 18.4. The topological polar surface area (TPSA) is 50.9 Å². The van der Waals surface area contributed by atoms with Crippen molar-refractivity contribution in [2.24, 2.45) is 0 Å². The predicted octanol–water partition coefficient (Wildman–Crippen LogP) is 16.6. The summed E-state index contributed by atoms with van der Waals surface area (Å²) in [5.74, 6) is -0.123. The van der Waals surface area contributed by atoms with Gasteiger partial charge in [-0.3, -0.25) is 9.55 Å². The van der Waals surface area contributed by atoms with Gasteiger partial charge in [-0.1, -0.05) is 170 Å². The molecule has 9 rings (SSSR count). The maximum Gasteiger partial charge on any atom is 0.148 e. The maximum atomic E-state index is 12.0. The second-order valence-electron chi connectivity index (χ2n) is 20.0. The first kappa shape index (κ1) is 42.0. The van der Waals surface area contributed by atoms with Crippen LogP contribution in [-0.2, 0) is 31.9 Å². The molecule has 0 radical (unpaired) electrons. The summed E-state index contributed by atoms with van der Waals surface area (Å²) >= 11 is 0. The predicted molar refractivity (Wildman–Crippen MR) is 278 cm³/mol. The van der Waals surface area contributed by atoms with Crippen molar-refractivity contribution < 1.29 is 31.7 Å². The van der Waals surface area contributed by atoms with Gasteiger partial charge in [-0.05, 0) is 123 Å². The fraction of sp³-hybridized carbons (Fsp3) is 0.226. The molecule has 5 heteroatoms. The Morgan fingerprint density at radius 3 is 1.96 bits per heavy atom. The van der Waals surface area contributed by atoms with E-state index in [1.807, 2.05) is 123 Å². The summed E-state index contributed by atoms with van der Waals surface area (Å²) in [5, 5.41) is 12.0. The Hall–Kier alpha value is -6.35. The van der Waals surface area contributed by atoms with Gasteiger partial charge in [0.05, 0.1) is 22.3 Å². The zero-order chi connectivity index (χ0) is 50.1. The van der Waals surface area contributed by atoms with E-state index in [2.05, 4.69) is 108 Å².